The number of ether oxygens (including phenoxy) is 3. The standard InChI is InChI=1S/C14H21NO8/c1-6(2)14(12(19)21-3)4-8-9(15-13(20)22-8)11(23-14)10(18)7(17)5-16/h7-11,16-18H,1,4-5H2,2-3H3,(H,15,20). The second kappa shape index (κ2) is 6.44. The van der Waals surface area contributed by atoms with Crippen LogP contribution in [0.3, 0.4) is 0 Å². The van der Waals surface area contributed by atoms with Gasteiger partial charge in [0.05, 0.1) is 19.8 Å². The first-order chi connectivity index (χ1) is 10.8. The van der Waals surface area contributed by atoms with Crippen molar-refractivity contribution in [3.63, 3.8) is 0 Å². The van der Waals surface area contributed by atoms with Gasteiger partial charge in [0.1, 0.15) is 24.4 Å². The van der Waals surface area contributed by atoms with Gasteiger partial charge in [-0.05, 0) is 12.5 Å². The fraction of sp³-hybridized carbons (Fsp3) is 0.714. The minimum Gasteiger partial charge on any atom is -0.467 e. The van der Waals surface area contributed by atoms with Gasteiger partial charge in [0, 0.05) is 6.42 Å². The van der Waals surface area contributed by atoms with Crippen LogP contribution in [-0.4, -0.2) is 77.2 Å². The second-order valence-corrected chi connectivity index (χ2v) is 5.74. The quantitative estimate of drug-likeness (QED) is 0.351. The van der Waals surface area contributed by atoms with Crippen molar-refractivity contribution >= 4 is 12.1 Å². The number of methoxy groups -OCH3 is 1. The molecule has 6 atom stereocenters. The molecule has 0 spiro atoms. The fourth-order valence-electron chi connectivity index (χ4n) is 2.93. The van der Waals surface area contributed by atoms with Crippen LogP contribution in [0.25, 0.3) is 0 Å². The number of aliphatic hydroxyl groups excluding tert-OH is 3. The molecule has 2 heterocycles. The van der Waals surface area contributed by atoms with E-state index in [1.54, 1.807) is 6.92 Å². The topological polar surface area (TPSA) is 135 Å². The summed E-state index contributed by atoms with van der Waals surface area (Å²) in [6, 6.07) is -0.782. The van der Waals surface area contributed by atoms with Gasteiger partial charge in [-0.15, -0.1) is 0 Å². The van der Waals surface area contributed by atoms with Crippen LogP contribution in [0.1, 0.15) is 13.3 Å². The van der Waals surface area contributed by atoms with Gasteiger partial charge in [-0.25, -0.2) is 9.59 Å². The van der Waals surface area contributed by atoms with Gasteiger partial charge in [-0.1, -0.05) is 6.58 Å². The number of hydrogen-bond acceptors (Lipinski definition) is 8. The summed E-state index contributed by atoms with van der Waals surface area (Å²) < 4.78 is 15.6. The summed E-state index contributed by atoms with van der Waals surface area (Å²) in [7, 11) is 1.18. The molecule has 2 fully saturated rings. The highest BCUT2D eigenvalue weighted by Crippen LogP contribution is 2.40. The van der Waals surface area contributed by atoms with E-state index in [4.69, 9.17) is 19.3 Å². The van der Waals surface area contributed by atoms with Crippen LogP contribution in [0.15, 0.2) is 12.2 Å². The number of esters is 1. The number of nitrogens with one attached hydrogen (secondary N) is 1. The van der Waals surface area contributed by atoms with Gasteiger partial charge in [0.25, 0.3) is 0 Å². The molecule has 2 rings (SSSR count). The van der Waals surface area contributed by atoms with Crippen molar-refractivity contribution in [2.45, 2.75) is 49.4 Å². The highest BCUT2D eigenvalue weighted by Gasteiger charge is 2.59. The van der Waals surface area contributed by atoms with Crippen LogP contribution in [0, 0.1) is 0 Å². The number of carbonyl (C=O) groups excluding carboxylic acids is 2. The first kappa shape index (κ1) is 17.7. The van der Waals surface area contributed by atoms with E-state index in [0.717, 1.165) is 0 Å². The molecule has 0 radical (unpaired) electrons. The SMILES string of the molecule is C=C(C)C1(C(=O)OC)CC2OC(=O)NC2C(C(O)C(O)CO)O1. The largest absolute Gasteiger partial charge is 0.467 e. The Morgan fingerprint density at radius 3 is 2.74 bits per heavy atom. The highest BCUT2D eigenvalue weighted by atomic mass is 16.6. The molecule has 2 aliphatic heterocycles. The normalized spacial score (nSPS) is 35.5. The number of rotatable bonds is 5. The lowest BCUT2D eigenvalue weighted by Gasteiger charge is -2.45. The van der Waals surface area contributed by atoms with E-state index in [1.165, 1.54) is 7.11 Å². The first-order valence-corrected chi connectivity index (χ1v) is 7.13. The molecule has 2 saturated heterocycles. The molecule has 0 saturated carbocycles. The Bertz CT molecular complexity index is 509. The lowest BCUT2D eigenvalue weighted by molar-refractivity contribution is -0.213. The average Bonchev–Trinajstić information content (AvgIpc) is 2.90. The van der Waals surface area contributed by atoms with Crippen LogP contribution < -0.4 is 5.32 Å². The number of alkyl carbamates (subject to hydrolysis) is 1. The molecule has 1 amide bonds. The predicted octanol–water partition coefficient (Wildman–Crippen LogP) is -1.55. The van der Waals surface area contributed by atoms with E-state index in [2.05, 4.69) is 11.9 Å². The Balaban J connectivity index is 2.40. The first-order valence-electron chi connectivity index (χ1n) is 7.13. The molecule has 130 valence electrons. The van der Waals surface area contributed by atoms with Crippen molar-refractivity contribution in [2.75, 3.05) is 13.7 Å². The third kappa shape index (κ3) is 2.92. The van der Waals surface area contributed by atoms with E-state index in [-0.39, 0.29) is 6.42 Å². The monoisotopic (exact) mass is 331 g/mol. The fourth-order valence-corrected chi connectivity index (χ4v) is 2.93. The van der Waals surface area contributed by atoms with E-state index < -0.39 is 54.7 Å². The number of amides is 1. The van der Waals surface area contributed by atoms with Crippen molar-refractivity contribution in [1.82, 2.24) is 5.32 Å². The van der Waals surface area contributed by atoms with Gasteiger partial charge in [0.2, 0.25) is 0 Å². The number of aliphatic hydroxyl groups is 3. The highest BCUT2D eigenvalue weighted by molar-refractivity contribution is 5.84. The molecular weight excluding hydrogens is 310 g/mol. The lowest BCUT2D eigenvalue weighted by Crippen LogP contribution is -2.64. The molecule has 0 aliphatic carbocycles. The van der Waals surface area contributed by atoms with Crippen LogP contribution >= 0.6 is 0 Å². The minimum absolute atomic E-state index is 0.0309. The summed E-state index contributed by atoms with van der Waals surface area (Å²) in [5.41, 5.74) is -1.32. The van der Waals surface area contributed by atoms with Crippen LogP contribution in [-0.2, 0) is 19.0 Å². The zero-order valence-corrected chi connectivity index (χ0v) is 12.9. The zero-order chi connectivity index (χ0) is 17.4. The molecule has 6 unspecified atom stereocenters. The van der Waals surface area contributed by atoms with Crippen molar-refractivity contribution in [3.8, 4) is 0 Å². The van der Waals surface area contributed by atoms with Crippen molar-refractivity contribution < 1.29 is 39.1 Å². The van der Waals surface area contributed by atoms with Crippen LogP contribution in [0.4, 0.5) is 4.79 Å². The summed E-state index contributed by atoms with van der Waals surface area (Å²) in [6.45, 7) is 4.56. The molecular formula is C14H21NO8. The molecule has 0 aromatic carbocycles. The van der Waals surface area contributed by atoms with E-state index in [9.17, 15) is 19.8 Å². The molecule has 0 aromatic rings. The summed E-state index contributed by atoms with van der Waals surface area (Å²) in [6.07, 6.45) is -5.80. The van der Waals surface area contributed by atoms with Crippen molar-refractivity contribution in [1.29, 1.82) is 0 Å². The third-order valence-electron chi connectivity index (χ3n) is 4.25. The minimum atomic E-state index is -1.62. The molecule has 0 bridgehead atoms. The van der Waals surface area contributed by atoms with E-state index in [0.29, 0.717) is 5.57 Å². The molecule has 9 nitrogen and oxygen atoms in total. The maximum Gasteiger partial charge on any atom is 0.407 e. The summed E-state index contributed by atoms with van der Waals surface area (Å²) in [5, 5.41) is 31.4. The smallest absolute Gasteiger partial charge is 0.407 e. The second-order valence-electron chi connectivity index (χ2n) is 5.74. The van der Waals surface area contributed by atoms with E-state index >= 15 is 0 Å². The van der Waals surface area contributed by atoms with Gasteiger partial charge >= 0.3 is 12.1 Å². The zero-order valence-electron chi connectivity index (χ0n) is 12.9. The summed E-state index contributed by atoms with van der Waals surface area (Å²) in [5.74, 6) is -0.748. The number of carbonyl (C=O) groups is 2. The van der Waals surface area contributed by atoms with Crippen molar-refractivity contribution in [2.24, 2.45) is 0 Å². The maximum atomic E-state index is 12.2. The Morgan fingerprint density at radius 1 is 1.57 bits per heavy atom. The Morgan fingerprint density at radius 2 is 2.22 bits per heavy atom. The predicted molar refractivity (Wildman–Crippen MR) is 75.3 cm³/mol. The third-order valence-corrected chi connectivity index (χ3v) is 4.25. The van der Waals surface area contributed by atoms with Crippen LogP contribution in [0.5, 0.6) is 0 Å². The Hall–Kier alpha value is -1.68. The summed E-state index contributed by atoms with van der Waals surface area (Å²) in [4.78, 5) is 23.8. The van der Waals surface area contributed by atoms with Gasteiger partial charge in [0.15, 0.2) is 5.60 Å². The van der Waals surface area contributed by atoms with E-state index in [1.807, 2.05) is 0 Å². The van der Waals surface area contributed by atoms with Crippen LogP contribution in [0.2, 0.25) is 0 Å². The molecule has 0 aromatic heterocycles. The molecule has 23 heavy (non-hydrogen) atoms. The lowest BCUT2D eigenvalue weighted by atomic mass is 9.80. The molecule has 4 N–H and O–H groups in total. The average molecular weight is 331 g/mol. The Labute approximate surface area is 132 Å². The van der Waals surface area contributed by atoms with Crippen molar-refractivity contribution in [3.05, 3.63) is 12.2 Å². The number of hydrogen-bond donors (Lipinski definition) is 4. The van der Waals surface area contributed by atoms with Gasteiger partial charge in [-0.3, -0.25) is 0 Å². The summed E-state index contributed by atoms with van der Waals surface area (Å²) >= 11 is 0. The Kier molecular flexibility index (Phi) is 4.95. The number of fused-ring (bicyclic) bond motifs is 1. The van der Waals surface area contributed by atoms with Gasteiger partial charge in [-0.2, -0.15) is 0 Å². The van der Waals surface area contributed by atoms with Gasteiger partial charge < -0.3 is 34.8 Å². The molecule has 2 aliphatic rings. The maximum absolute atomic E-state index is 12.2. The molecule has 9 heteroatoms.